The minimum Gasteiger partial charge on any atom is -0.313 e. The Bertz CT molecular complexity index is 174. The van der Waals surface area contributed by atoms with E-state index in [1.54, 1.807) is 0 Å². The smallest absolute Gasteiger partial charge is 0.0146 e. The molecule has 0 spiro atoms. The third kappa shape index (κ3) is 1.90. The fourth-order valence-corrected chi connectivity index (χ4v) is 3.32. The summed E-state index contributed by atoms with van der Waals surface area (Å²) in [4.78, 5) is 0. The van der Waals surface area contributed by atoms with Gasteiger partial charge in [0.15, 0.2) is 0 Å². The highest BCUT2D eigenvalue weighted by molar-refractivity contribution is 4.93. The van der Waals surface area contributed by atoms with Crippen LogP contribution in [0.1, 0.15) is 52.4 Å². The molecule has 0 amide bonds. The lowest BCUT2D eigenvalue weighted by atomic mass is 9.73. The largest absolute Gasteiger partial charge is 0.313 e. The van der Waals surface area contributed by atoms with E-state index in [1.807, 2.05) is 0 Å². The molecule has 1 heterocycles. The standard InChI is InChI=1S/C12H23N/c1-12(2)8-4-3-6-10-7-5-9-13-11(10)12/h10-11,13H,3-9H2,1-2H3. The third-order valence-electron chi connectivity index (χ3n) is 4.08. The fourth-order valence-electron chi connectivity index (χ4n) is 3.32. The topological polar surface area (TPSA) is 12.0 Å². The van der Waals surface area contributed by atoms with Crippen LogP contribution in [0.25, 0.3) is 0 Å². The highest BCUT2D eigenvalue weighted by Crippen LogP contribution is 2.40. The molecule has 0 aromatic carbocycles. The van der Waals surface area contributed by atoms with Gasteiger partial charge in [-0.2, -0.15) is 0 Å². The maximum Gasteiger partial charge on any atom is 0.0146 e. The number of piperidine rings is 1. The maximum atomic E-state index is 3.75. The van der Waals surface area contributed by atoms with Crippen molar-refractivity contribution < 1.29 is 0 Å². The van der Waals surface area contributed by atoms with Crippen LogP contribution in [0.15, 0.2) is 0 Å². The number of hydrogen-bond donors (Lipinski definition) is 1. The van der Waals surface area contributed by atoms with Crippen molar-refractivity contribution in [2.24, 2.45) is 11.3 Å². The molecule has 0 radical (unpaired) electrons. The Morgan fingerprint density at radius 3 is 2.69 bits per heavy atom. The summed E-state index contributed by atoms with van der Waals surface area (Å²) in [6.07, 6.45) is 8.68. The first-order chi connectivity index (χ1) is 6.20. The van der Waals surface area contributed by atoms with Gasteiger partial charge in [0.2, 0.25) is 0 Å². The number of nitrogens with one attached hydrogen (secondary N) is 1. The molecule has 13 heavy (non-hydrogen) atoms. The summed E-state index contributed by atoms with van der Waals surface area (Å²) in [5.74, 6) is 0.978. The molecule has 0 aromatic heterocycles. The van der Waals surface area contributed by atoms with E-state index in [0.717, 1.165) is 12.0 Å². The van der Waals surface area contributed by atoms with Gasteiger partial charge in [-0.05, 0) is 43.6 Å². The molecule has 1 aliphatic heterocycles. The first kappa shape index (κ1) is 9.51. The average Bonchev–Trinajstić information content (AvgIpc) is 2.26. The lowest BCUT2D eigenvalue weighted by Gasteiger charge is -2.41. The van der Waals surface area contributed by atoms with E-state index in [0.29, 0.717) is 5.41 Å². The van der Waals surface area contributed by atoms with Gasteiger partial charge in [-0.3, -0.25) is 0 Å². The Balaban J connectivity index is 2.12. The zero-order valence-electron chi connectivity index (χ0n) is 9.10. The van der Waals surface area contributed by atoms with Crippen molar-refractivity contribution in [3.63, 3.8) is 0 Å². The van der Waals surface area contributed by atoms with Crippen molar-refractivity contribution in [1.29, 1.82) is 0 Å². The second-order valence-electron chi connectivity index (χ2n) is 5.57. The highest BCUT2D eigenvalue weighted by atomic mass is 15.0. The molecule has 2 unspecified atom stereocenters. The van der Waals surface area contributed by atoms with Gasteiger partial charge in [0.05, 0.1) is 0 Å². The van der Waals surface area contributed by atoms with E-state index >= 15 is 0 Å². The summed E-state index contributed by atoms with van der Waals surface area (Å²) < 4.78 is 0. The first-order valence-corrected chi connectivity index (χ1v) is 5.93. The van der Waals surface area contributed by atoms with E-state index in [9.17, 15) is 0 Å². The van der Waals surface area contributed by atoms with Crippen molar-refractivity contribution in [1.82, 2.24) is 5.32 Å². The van der Waals surface area contributed by atoms with Gasteiger partial charge in [0.25, 0.3) is 0 Å². The summed E-state index contributed by atoms with van der Waals surface area (Å²) >= 11 is 0. The molecule has 1 heteroatoms. The average molecular weight is 181 g/mol. The van der Waals surface area contributed by atoms with Gasteiger partial charge in [0.1, 0.15) is 0 Å². The second kappa shape index (κ2) is 3.61. The molecule has 1 N–H and O–H groups in total. The van der Waals surface area contributed by atoms with Crippen molar-refractivity contribution in [2.45, 2.75) is 58.4 Å². The first-order valence-electron chi connectivity index (χ1n) is 5.93. The van der Waals surface area contributed by atoms with Crippen LogP contribution in [-0.2, 0) is 0 Å². The summed E-state index contributed by atoms with van der Waals surface area (Å²) in [7, 11) is 0. The van der Waals surface area contributed by atoms with Crippen molar-refractivity contribution in [3.8, 4) is 0 Å². The van der Waals surface area contributed by atoms with E-state index in [4.69, 9.17) is 0 Å². The van der Waals surface area contributed by atoms with Crippen LogP contribution in [0.3, 0.4) is 0 Å². The Kier molecular flexibility index (Phi) is 2.64. The van der Waals surface area contributed by atoms with Crippen LogP contribution in [-0.4, -0.2) is 12.6 Å². The van der Waals surface area contributed by atoms with Crippen molar-refractivity contribution in [3.05, 3.63) is 0 Å². The molecule has 1 saturated heterocycles. The molecule has 2 atom stereocenters. The van der Waals surface area contributed by atoms with Crippen LogP contribution < -0.4 is 5.32 Å². The van der Waals surface area contributed by atoms with E-state index in [2.05, 4.69) is 19.2 Å². The predicted octanol–water partition coefficient (Wildman–Crippen LogP) is 2.95. The zero-order chi connectivity index (χ0) is 9.31. The lowest BCUT2D eigenvalue weighted by Crippen LogP contribution is -2.49. The highest BCUT2D eigenvalue weighted by Gasteiger charge is 2.37. The number of rotatable bonds is 0. The number of fused-ring (bicyclic) bond motifs is 1. The molecule has 0 bridgehead atoms. The third-order valence-corrected chi connectivity index (χ3v) is 4.08. The molecule has 1 aliphatic carbocycles. The minimum atomic E-state index is 0.543. The van der Waals surface area contributed by atoms with E-state index in [1.165, 1.54) is 45.1 Å². The Morgan fingerprint density at radius 2 is 1.85 bits per heavy atom. The number of hydrogen-bond acceptors (Lipinski definition) is 1. The monoisotopic (exact) mass is 181 g/mol. The minimum absolute atomic E-state index is 0.543. The van der Waals surface area contributed by atoms with Gasteiger partial charge in [-0.15, -0.1) is 0 Å². The normalized spacial score (nSPS) is 39.2. The summed E-state index contributed by atoms with van der Waals surface area (Å²) in [5.41, 5.74) is 0.543. The van der Waals surface area contributed by atoms with Crippen molar-refractivity contribution in [2.75, 3.05) is 6.54 Å². The molecule has 76 valence electrons. The SMILES string of the molecule is CC1(C)CCCCC2CCCNC21. The Morgan fingerprint density at radius 1 is 1.08 bits per heavy atom. The maximum absolute atomic E-state index is 3.75. The van der Waals surface area contributed by atoms with Gasteiger partial charge in [-0.1, -0.05) is 26.7 Å². The van der Waals surface area contributed by atoms with Gasteiger partial charge in [0, 0.05) is 6.04 Å². The molecule has 2 rings (SSSR count). The fraction of sp³-hybridized carbons (Fsp3) is 1.00. The van der Waals surface area contributed by atoms with Gasteiger partial charge in [-0.25, -0.2) is 0 Å². The van der Waals surface area contributed by atoms with Crippen LogP contribution in [0, 0.1) is 11.3 Å². The molecule has 2 fully saturated rings. The molecule has 0 aromatic rings. The quantitative estimate of drug-likeness (QED) is 0.606. The van der Waals surface area contributed by atoms with Crippen LogP contribution >= 0.6 is 0 Å². The van der Waals surface area contributed by atoms with Crippen LogP contribution in [0.4, 0.5) is 0 Å². The van der Waals surface area contributed by atoms with Crippen LogP contribution in [0.5, 0.6) is 0 Å². The van der Waals surface area contributed by atoms with Gasteiger partial charge >= 0.3 is 0 Å². The van der Waals surface area contributed by atoms with Gasteiger partial charge < -0.3 is 5.32 Å². The predicted molar refractivity (Wildman–Crippen MR) is 56.8 cm³/mol. The lowest BCUT2D eigenvalue weighted by molar-refractivity contribution is 0.143. The molecular weight excluding hydrogens is 158 g/mol. The molecular formula is C12H23N. The zero-order valence-corrected chi connectivity index (χ0v) is 9.10. The van der Waals surface area contributed by atoms with Crippen molar-refractivity contribution >= 4 is 0 Å². The van der Waals surface area contributed by atoms with E-state index in [-0.39, 0.29) is 0 Å². The Labute approximate surface area is 82.3 Å². The summed E-state index contributed by atoms with van der Waals surface area (Å²) in [6, 6.07) is 0.809. The molecule has 1 saturated carbocycles. The van der Waals surface area contributed by atoms with Crippen LogP contribution in [0.2, 0.25) is 0 Å². The van der Waals surface area contributed by atoms with E-state index < -0.39 is 0 Å². The summed E-state index contributed by atoms with van der Waals surface area (Å²) in [5, 5.41) is 3.75. The molecule has 1 nitrogen and oxygen atoms in total. The summed E-state index contributed by atoms with van der Waals surface area (Å²) in [6.45, 7) is 6.16. The molecule has 2 aliphatic rings. The second-order valence-corrected chi connectivity index (χ2v) is 5.57. The Hall–Kier alpha value is -0.0400.